The Morgan fingerprint density at radius 1 is 1.27 bits per heavy atom. The van der Waals surface area contributed by atoms with Crippen molar-refractivity contribution < 1.29 is 18.0 Å². The molecule has 0 aliphatic heterocycles. The molecule has 0 saturated carbocycles. The zero-order chi connectivity index (χ0) is 16.2. The predicted molar refractivity (Wildman–Crippen MR) is 76.4 cm³/mol. The van der Waals surface area contributed by atoms with Crippen LogP contribution in [0.15, 0.2) is 30.5 Å². The first-order valence-corrected chi connectivity index (χ1v) is 6.89. The summed E-state index contributed by atoms with van der Waals surface area (Å²) in [6, 6.07) is 5.29. The molecule has 1 amide bonds. The lowest BCUT2D eigenvalue weighted by Gasteiger charge is -2.12. The number of H-pyrrole nitrogens is 1. The number of alkyl halides is 3. The summed E-state index contributed by atoms with van der Waals surface area (Å²) in [5.74, 6) is 0.146. The van der Waals surface area contributed by atoms with Crippen molar-refractivity contribution in [3.8, 4) is 0 Å². The second-order valence-corrected chi connectivity index (χ2v) is 4.83. The highest BCUT2D eigenvalue weighted by molar-refractivity contribution is 5.90. The molecule has 1 heterocycles. The van der Waals surface area contributed by atoms with E-state index in [1.807, 2.05) is 6.92 Å². The van der Waals surface area contributed by atoms with Gasteiger partial charge in [-0.25, -0.2) is 0 Å². The van der Waals surface area contributed by atoms with Crippen LogP contribution in [-0.4, -0.2) is 16.1 Å². The van der Waals surface area contributed by atoms with Gasteiger partial charge in [0.25, 0.3) is 0 Å². The van der Waals surface area contributed by atoms with Gasteiger partial charge in [0, 0.05) is 12.0 Å². The first-order chi connectivity index (χ1) is 10.4. The third kappa shape index (κ3) is 3.87. The molecule has 2 aromatic rings. The Labute approximate surface area is 125 Å². The second kappa shape index (κ2) is 6.64. The Balaban J connectivity index is 2.00. The van der Waals surface area contributed by atoms with Crippen molar-refractivity contribution in [1.29, 1.82) is 0 Å². The van der Waals surface area contributed by atoms with Gasteiger partial charge in [-0.3, -0.25) is 9.89 Å². The average molecular weight is 311 g/mol. The summed E-state index contributed by atoms with van der Waals surface area (Å²) in [6.07, 6.45) is -2.12. The highest BCUT2D eigenvalue weighted by atomic mass is 19.4. The van der Waals surface area contributed by atoms with Crippen molar-refractivity contribution in [3.05, 3.63) is 47.2 Å². The molecule has 4 nitrogen and oxygen atoms in total. The highest BCUT2D eigenvalue weighted by Crippen LogP contribution is 2.32. The van der Waals surface area contributed by atoms with Crippen LogP contribution in [0.4, 0.5) is 19.0 Å². The van der Waals surface area contributed by atoms with Crippen molar-refractivity contribution in [2.24, 2.45) is 0 Å². The zero-order valence-corrected chi connectivity index (χ0v) is 12.0. The molecular weight excluding hydrogens is 295 g/mol. The number of hydrogen-bond acceptors (Lipinski definition) is 2. The number of nitrogens with one attached hydrogen (secondary N) is 2. The Hall–Kier alpha value is -2.31. The molecule has 0 aliphatic carbocycles. The standard InChI is InChI=1S/C15H16F3N3O/c1-2-10-9-19-21-14(10)20-13(22)8-7-11-5-3-4-6-12(11)15(16,17)18/h3-6,9H,2,7-8H2,1H3,(H2,19,20,21,22). The fourth-order valence-electron chi connectivity index (χ4n) is 2.15. The number of nitrogens with zero attached hydrogens (tertiary/aromatic N) is 1. The number of rotatable bonds is 5. The maximum absolute atomic E-state index is 12.9. The van der Waals surface area contributed by atoms with E-state index in [4.69, 9.17) is 0 Å². The van der Waals surface area contributed by atoms with Crippen LogP contribution >= 0.6 is 0 Å². The molecule has 0 fully saturated rings. The monoisotopic (exact) mass is 311 g/mol. The molecular formula is C15H16F3N3O. The predicted octanol–water partition coefficient (Wildman–Crippen LogP) is 3.56. The summed E-state index contributed by atoms with van der Waals surface area (Å²) < 4.78 is 38.6. The number of anilines is 1. The van der Waals surface area contributed by atoms with Gasteiger partial charge < -0.3 is 5.32 Å². The van der Waals surface area contributed by atoms with Crippen molar-refractivity contribution >= 4 is 11.7 Å². The lowest BCUT2D eigenvalue weighted by molar-refractivity contribution is -0.138. The summed E-state index contributed by atoms with van der Waals surface area (Å²) in [4.78, 5) is 11.9. The van der Waals surface area contributed by atoms with Crippen LogP contribution in [-0.2, 0) is 23.8 Å². The molecule has 2 N–H and O–H groups in total. The van der Waals surface area contributed by atoms with E-state index in [1.54, 1.807) is 6.20 Å². The minimum absolute atomic E-state index is 0.0249. The van der Waals surface area contributed by atoms with Crippen LogP contribution in [0, 0.1) is 0 Å². The number of benzene rings is 1. The topological polar surface area (TPSA) is 57.8 Å². The maximum atomic E-state index is 12.9. The number of carbonyl (C=O) groups is 1. The minimum atomic E-state index is -4.41. The van der Waals surface area contributed by atoms with Crippen molar-refractivity contribution in [2.45, 2.75) is 32.4 Å². The molecule has 22 heavy (non-hydrogen) atoms. The maximum Gasteiger partial charge on any atom is 0.416 e. The Kier molecular flexibility index (Phi) is 4.85. The van der Waals surface area contributed by atoms with Crippen LogP contribution in [0.25, 0.3) is 0 Å². The molecule has 118 valence electrons. The van der Waals surface area contributed by atoms with Gasteiger partial charge in [-0.15, -0.1) is 0 Å². The molecule has 0 atom stereocenters. The molecule has 2 rings (SSSR count). The number of hydrogen-bond donors (Lipinski definition) is 2. The molecule has 1 aromatic heterocycles. The Morgan fingerprint density at radius 3 is 2.68 bits per heavy atom. The number of aromatic nitrogens is 2. The van der Waals surface area contributed by atoms with Crippen LogP contribution in [0.1, 0.15) is 30.0 Å². The van der Waals surface area contributed by atoms with Crippen LogP contribution in [0.5, 0.6) is 0 Å². The van der Waals surface area contributed by atoms with E-state index in [2.05, 4.69) is 15.5 Å². The molecule has 0 spiro atoms. The van der Waals surface area contributed by atoms with Gasteiger partial charge in [0.15, 0.2) is 0 Å². The molecule has 0 unspecified atom stereocenters. The molecule has 0 radical (unpaired) electrons. The van der Waals surface area contributed by atoms with E-state index in [0.717, 1.165) is 11.6 Å². The van der Waals surface area contributed by atoms with Crippen LogP contribution in [0.2, 0.25) is 0 Å². The highest BCUT2D eigenvalue weighted by Gasteiger charge is 2.32. The van der Waals surface area contributed by atoms with E-state index in [-0.39, 0.29) is 24.3 Å². The molecule has 7 heteroatoms. The van der Waals surface area contributed by atoms with Gasteiger partial charge in [-0.05, 0) is 24.5 Å². The number of halogens is 3. The SMILES string of the molecule is CCc1cn[nH]c1NC(=O)CCc1ccccc1C(F)(F)F. The van der Waals surface area contributed by atoms with Crippen LogP contribution in [0.3, 0.4) is 0 Å². The number of aryl methyl sites for hydroxylation is 2. The van der Waals surface area contributed by atoms with E-state index < -0.39 is 11.7 Å². The largest absolute Gasteiger partial charge is 0.416 e. The third-order valence-corrected chi connectivity index (χ3v) is 3.31. The molecule has 0 bridgehead atoms. The lowest BCUT2D eigenvalue weighted by atomic mass is 10.0. The first-order valence-electron chi connectivity index (χ1n) is 6.89. The molecule has 0 saturated heterocycles. The van der Waals surface area contributed by atoms with Gasteiger partial charge in [0.1, 0.15) is 5.82 Å². The van der Waals surface area contributed by atoms with Crippen LogP contribution < -0.4 is 5.32 Å². The first kappa shape index (κ1) is 16.1. The number of aromatic amines is 1. The van der Waals surface area contributed by atoms with Gasteiger partial charge >= 0.3 is 6.18 Å². The van der Waals surface area contributed by atoms with Gasteiger partial charge in [-0.1, -0.05) is 25.1 Å². The summed E-state index contributed by atoms with van der Waals surface area (Å²) in [7, 11) is 0. The van der Waals surface area contributed by atoms with Gasteiger partial charge in [-0.2, -0.15) is 18.3 Å². The summed E-state index contributed by atoms with van der Waals surface area (Å²) in [6.45, 7) is 1.92. The van der Waals surface area contributed by atoms with Gasteiger partial charge in [0.05, 0.1) is 11.8 Å². The quantitative estimate of drug-likeness (QED) is 0.887. The van der Waals surface area contributed by atoms with Gasteiger partial charge in [0.2, 0.25) is 5.91 Å². The van der Waals surface area contributed by atoms with Crippen molar-refractivity contribution in [1.82, 2.24) is 10.2 Å². The Morgan fingerprint density at radius 2 is 2.00 bits per heavy atom. The van der Waals surface area contributed by atoms with E-state index in [9.17, 15) is 18.0 Å². The second-order valence-electron chi connectivity index (χ2n) is 4.83. The van der Waals surface area contributed by atoms with E-state index in [1.165, 1.54) is 18.2 Å². The fourth-order valence-corrected chi connectivity index (χ4v) is 2.15. The minimum Gasteiger partial charge on any atom is -0.311 e. The smallest absolute Gasteiger partial charge is 0.311 e. The van der Waals surface area contributed by atoms with E-state index >= 15 is 0 Å². The normalized spacial score (nSPS) is 11.5. The van der Waals surface area contributed by atoms with Crippen molar-refractivity contribution in [3.63, 3.8) is 0 Å². The zero-order valence-electron chi connectivity index (χ0n) is 12.0. The number of amides is 1. The molecule has 1 aromatic carbocycles. The molecule has 0 aliphatic rings. The number of carbonyl (C=O) groups excluding carboxylic acids is 1. The third-order valence-electron chi connectivity index (χ3n) is 3.31. The lowest BCUT2D eigenvalue weighted by Crippen LogP contribution is -2.15. The fraction of sp³-hybridized carbons (Fsp3) is 0.333. The Bertz CT molecular complexity index is 649. The van der Waals surface area contributed by atoms with Crippen molar-refractivity contribution in [2.75, 3.05) is 5.32 Å². The summed E-state index contributed by atoms with van der Waals surface area (Å²) >= 11 is 0. The summed E-state index contributed by atoms with van der Waals surface area (Å²) in [5.41, 5.74) is 0.271. The average Bonchev–Trinajstić information content (AvgIpc) is 2.91. The summed E-state index contributed by atoms with van der Waals surface area (Å²) in [5, 5.41) is 9.11. The van der Waals surface area contributed by atoms with E-state index in [0.29, 0.717) is 12.2 Å².